The van der Waals surface area contributed by atoms with Crippen LogP contribution in [-0.2, 0) is 14.3 Å². The number of ether oxygens (including phenoxy) is 2. The van der Waals surface area contributed by atoms with E-state index in [1.165, 1.54) is 25.1 Å². The number of rotatable bonds is 5. The van der Waals surface area contributed by atoms with Crippen molar-refractivity contribution >= 4 is 23.5 Å². The van der Waals surface area contributed by atoms with Gasteiger partial charge in [0.1, 0.15) is 0 Å². The Morgan fingerprint density at radius 1 is 1.00 bits per heavy atom. The lowest BCUT2D eigenvalue weighted by Gasteiger charge is -2.13. The Kier molecular flexibility index (Phi) is 5.71. The van der Waals surface area contributed by atoms with Gasteiger partial charge in [-0.1, -0.05) is 6.07 Å². The minimum atomic E-state index is -0.609. The van der Waals surface area contributed by atoms with Crippen molar-refractivity contribution in [2.45, 2.75) is 20.8 Å². The maximum absolute atomic E-state index is 11.9. The number of carbonyl (C=O) groups excluding carboxylic acids is 3. The fraction of sp³-hybridized carbons (Fsp3) is 0.357. The fourth-order valence-corrected chi connectivity index (χ4v) is 1.62. The number of esters is 2. The van der Waals surface area contributed by atoms with Crippen LogP contribution in [0.15, 0.2) is 18.2 Å². The van der Waals surface area contributed by atoms with E-state index in [1.807, 2.05) is 0 Å². The molecule has 0 atom stereocenters. The van der Waals surface area contributed by atoms with Gasteiger partial charge in [0.2, 0.25) is 5.91 Å². The third-order valence-electron chi connectivity index (χ3n) is 2.36. The molecule has 0 fully saturated rings. The van der Waals surface area contributed by atoms with Gasteiger partial charge in [-0.3, -0.25) is 4.79 Å². The maximum Gasteiger partial charge on any atom is 0.340 e. The third kappa shape index (κ3) is 3.81. The van der Waals surface area contributed by atoms with Crippen molar-refractivity contribution in [1.29, 1.82) is 0 Å². The van der Waals surface area contributed by atoms with Crippen molar-refractivity contribution < 1.29 is 23.9 Å². The van der Waals surface area contributed by atoms with E-state index < -0.39 is 17.8 Å². The van der Waals surface area contributed by atoms with Gasteiger partial charge in [0, 0.05) is 6.92 Å². The summed E-state index contributed by atoms with van der Waals surface area (Å²) >= 11 is 0. The molecule has 0 spiro atoms. The molecule has 1 rings (SSSR count). The molecule has 6 nitrogen and oxygen atoms in total. The van der Waals surface area contributed by atoms with E-state index in [1.54, 1.807) is 13.8 Å². The summed E-state index contributed by atoms with van der Waals surface area (Å²) < 4.78 is 9.81. The minimum Gasteiger partial charge on any atom is -0.462 e. The van der Waals surface area contributed by atoms with Gasteiger partial charge < -0.3 is 14.8 Å². The van der Waals surface area contributed by atoms with E-state index in [-0.39, 0.29) is 30.0 Å². The largest absolute Gasteiger partial charge is 0.462 e. The van der Waals surface area contributed by atoms with Crippen LogP contribution in [0.2, 0.25) is 0 Å². The Hall–Kier alpha value is -2.37. The van der Waals surface area contributed by atoms with E-state index in [0.29, 0.717) is 0 Å². The molecule has 20 heavy (non-hydrogen) atoms. The Morgan fingerprint density at radius 2 is 1.45 bits per heavy atom. The lowest BCUT2D eigenvalue weighted by atomic mass is 10.1. The second-order valence-electron chi connectivity index (χ2n) is 3.85. The second kappa shape index (κ2) is 7.28. The Morgan fingerprint density at radius 3 is 1.80 bits per heavy atom. The zero-order valence-electron chi connectivity index (χ0n) is 11.7. The first-order chi connectivity index (χ1) is 9.51. The number of carbonyl (C=O) groups is 3. The van der Waals surface area contributed by atoms with Gasteiger partial charge in [0.05, 0.1) is 30.0 Å². The summed E-state index contributed by atoms with van der Waals surface area (Å²) in [6.07, 6.45) is 0. The van der Waals surface area contributed by atoms with Crippen LogP contribution in [-0.4, -0.2) is 31.1 Å². The number of hydrogen-bond donors (Lipinski definition) is 1. The standard InChI is InChI=1S/C14H17NO5/c1-4-19-13(17)10-7-6-8-11(14(18)20-5-2)12(10)15-9(3)16/h6-8H,4-5H2,1-3H3,(H,15,16). The molecule has 1 amide bonds. The summed E-state index contributed by atoms with van der Waals surface area (Å²) in [5, 5.41) is 2.48. The van der Waals surface area contributed by atoms with E-state index in [2.05, 4.69) is 5.32 Å². The third-order valence-corrected chi connectivity index (χ3v) is 2.36. The predicted molar refractivity (Wildman–Crippen MR) is 72.7 cm³/mol. The summed E-state index contributed by atoms with van der Waals surface area (Å²) in [5.74, 6) is -1.61. The van der Waals surface area contributed by atoms with Crippen LogP contribution >= 0.6 is 0 Å². The summed E-state index contributed by atoms with van der Waals surface area (Å²) in [4.78, 5) is 35.0. The summed E-state index contributed by atoms with van der Waals surface area (Å²) in [6.45, 7) is 5.02. The number of nitrogens with one attached hydrogen (secondary N) is 1. The molecule has 0 radical (unpaired) electrons. The molecule has 0 aliphatic rings. The van der Waals surface area contributed by atoms with Crippen LogP contribution in [0.25, 0.3) is 0 Å². The average Bonchev–Trinajstić information content (AvgIpc) is 2.38. The molecule has 0 saturated carbocycles. The molecule has 0 aliphatic heterocycles. The molecule has 1 N–H and O–H groups in total. The topological polar surface area (TPSA) is 81.7 Å². The van der Waals surface area contributed by atoms with E-state index in [9.17, 15) is 14.4 Å². The maximum atomic E-state index is 11.9. The predicted octanol–water partition coefficient (Wildman–Crippen LogP) is 2.00. The summed E-state index contributed by atoms with van der Waals surface area (Å²) in [6, 6.07) is 4.49. The Bertz CT molecular complexity index is 488. The van der Waals surface area contributed by atoms with Crippen LogP contribution in [0.1, 0.15) is 41.5 Å². The van der Waals surface area contributed by atoms with Gasteiger partial charge in [-0.2, -0.15) is 0 Å². The van der Waals surface area contributed by atoms with E-state index in [0.717, 1.165) is 0 Å². The first-order valence-corrected chi connectivity index (χ1v) is 6.26. The highest BCUT2D eigenvalue weighted by atomic mass is 16.5. The quantitative estimate of drug-likeness (QED) is 0.834. The van der Waals surface area contributed by atoms with Gasteiger partial charge >= 0.3 is 11.9 Å². The number of benzene rings is 1. The molecule has 0 aliphatic carbocycles. The molecule has 0 unspecified atom stereocenters. The van der Waals surface area contributed by atoms with Crippen LogP contribution in [0.3, 0.4) is 0 Å². The fourth-order valence-electron chi connectivity index (χ4n) is 1.62. The van der Waals surface area contributed by atoms with Gasteiger partial charge in [0.25, 0.3) is 0 Å². The first-order valence-electron chi connectivity index (χ1n) is 6.26. The monoisotopic (exact) mass is 279 g/mol. The molecule has 0 saturated heterocycles. The SMILES string of the molecule is CCOC(=O)c1cccc(C(=O)OCC)c1NC(C)=O. The molecule has 108 valence electrons. The Labute approximate surface area is 117 Å². The Balaban J connectivity index is 3.29. The molecular weight excluding hydrogens is 262 g/mol. The zero-order chi connectivity index (χ0) is 15.1. The number of hydrogen-bond acceptors (Lipinski definition) is 5. The highest BCUT2D eigenvalue weighted by Crippen LogP contribution is 2.23. The highest BCUT2D eigenvalue weighted by molar-refractivity contribution is 6.08. The van der Waals surface area contributed by atoms with Crippen LogP contribution in [0.4, 0.5) is 5.69 Å². The van der Waals surface area contributed by atoms with Crippen molar-refractivity contribution in [3.05, 3.63) is 29.3 Å². The molecule has 6 heteroatoms. The van der Waals surface area contributed by atoms with Crippen molar-refractivity contribution in [3.63, 3.8) is 0 Å². The van der Waals surface area contributed by atoms with Gasteiger partial charge in [-0.15, -0.1) is 0 Å². The molecular formula is C14H17NO5. The molecule has 0 heterocycles. The van der Waals surface area contributed by atoms with Crippen molar-refractivity contribution in [2.75, 3.05) is 18.5 Å². The first kappa shape index (κ1) is 15.7. The normalized spacial score (nSPS) is 9.75. The van der Waals surface area contributed by atoms with Crippen molar-refractivity contribution in [2.24, 2.45) is 0 Å². The van der Waals surface area contributed by atoms with E-state index in [4.69, 9.17) is 9.47 Å². The second-order valence-corrected chi connectivity index (χ2v) is 3.85. The van der Waals surface area contributed by atoms with Crippen LogP contribution in [0, 0.1) is 0 Å². The van der Waals surface area contributed by atoms with Crippen molar-refractivity contribution in [1.82, 2.24) is 0 Å². The zero-order valence-corrected chi connectivity index (χ0v) is 11.7. The van der Waals surface area contributed by atoms with E-state index >= 15 is 0 Å². The lowest BCUT2D eigenvalue weighted by molar-refractivity contribution is -0.114. The van der Waals surface area contributed by atoms with Gasteiger partial charge in [-0.25, -0.2) is 9.59 Å². The molecule has 0 aromatic heterocycles. The van der Waals surface area contributed by atoms with Gasteiger partial charge in [0.15, 0.2) is 0 Å². The smallest absolute Gasteiger partial charge is 0.340 e. The summed E-state index contributed by atoms with van der Waals surface area (Å²) in [7, 11) is 0. The number of para-hydroxylation sites is 1. The van der Waals surface area contributed by atoms with Crippen molar-refractivity contribution in [3.8, 4) is 0 Å². The van der Waals surface area contributed by atoms with Crippen LogP contribution < -0.4 is 5.32 Å². The van der Waals surface area contributed by atoms with Crippen LogP contribution in [0.5, 0.6) is 0 Å². The molecule has 0 bridgehead atoms. The molecule has 1 aromatic carbocycles. The lowest BCUT2D eigenvalue weighted by Crippen LogP contribution is -2.17. The summed E-state index contributed by atoms with van der Waals surface area (Å²) in [5.41, 5.74) is 0.345. The molecule has 1 aromatic rings. The minimum absolute atomic E-state index is 0.108. The van der Waals surface area contributed by atoms with Gasteiger partial charge in [-0.05, 0) is 26.0 Å². The number of amides is 1. The number of anilines is 1. The highest BCUT2D eigenvalue weighted by Gasteiger charge is 2.21. The average molecular weight is 279 g/mol.